The molecule has 1 fully saturated rings. The van der Waals surface area contributed by atoms with Crippen molar-refractivity contribution in [3.8, 4) is 5.88 Å². The monoisotopic (exact) mass is 265 g/mol. The Balaban J connectivity index is 1.90. The number of carbonyl (C=O) groups is 1. The lowest BCUT2D eigenvalue weighted by Gasteiger charge is -2.31. The van der Waals surface area contributed by atoms with Crippen LogP contribution in [0, 0.1) is 6.92 Å². The molecule has 0 spiro atoms. The van der Waals surface area contributed by atoms with Crippen LogP contribution in [-0.2, 0) is 4.74 Å². The average molecular weight is 265 g/mol. The molecule has 1 aliphatic heterocycles. The fraction of sp³-hybridized carbons (Fsp3) is 0.615. The maximum absolute atomic E-state index is 11.7. The second-order valence-electron chi connectivity index (χ2n) is 4.54. The highest BCUT2D eigenvalue weighted by Crippen LogP contribution is 2.16. The van der Waals surface area contributed by atoms with Crippen molar-refractivity contribution >= 4 is 6.09 Å². The molecule has 6 heteroatoms. The first-order valence-corrected chi connectivity index (χ1v) is 6.57. The summed E-state index contributed by atoms with van der Waals surface area (Å²) in [6.07, 6.45) is 1.50. The fourth-order valence-electron chi connectivity index (χ4n) is 2.04. The minimum atomic E-state index is -0.272. The highest BCUT2D eigenvalue weighted by Gasteiger charge is 2.25. The zero-order chi connectivity index (χ0) is 13.7. The highest BCUT2D eigenvalue weighted by molar-refractivity contribution is 5.67. The molecule has 0 radical (unpaired) electrons. The van der Waals surface area contributed by atoms with E-state index < -0.39 is 0 Å². The molecule has 19 heavy (non-hydrogen) atoms. The van der Waals surface area contributed by atoms with Crippen LogP contribution in [0.1, 0.15) is 25.5 Å². The normalized spacial score (nSPS) is 19.1. The average Bonchev–Trinajstić information content (AvgIpc) is 2.42. The van der Waals surface area contributed by atoms with Crippen LogP contribution >= 0.6 is 0 Å². The summed E-state index contributed by atoms with van der Waals surface area (Å²) >= 11 is 0. The van der Waals surface area contributed by atoms with E-state index in [1.165, 1.54) is 0 Å². The zero-order valence-electron chi connectivity index (χ0n) is 11.3. The minimum absolute atomic E-state index is 0.0461. The van der Waals surface area contributed by atoms with Crippen molar-refractivity contribution in [2.24, 2.45) is 0 Å². The first kappa shape index (κ1) is 13.6. The van der Waals surface area contributed by atoms with Crippen LogP contribution in [0.3, 0.4) is 0 Å². The summed E-state index contributed by atoms with van der Waals surface area (Å²) in [5.74, 6) is 0.501. The van der Waals surface area contributed by atoms with Gasteiger partial charge in [-0.2, -0.15) is 5.10 Å². The van der Waals surface area contributed by atoms with Crippen LogP contribution in [-0.4, -0.2) is 47.0 Å². The van der Waals surface area contributed by atoms with Crippen LogP contribution in [0.25, 0.3) is 0 Å². The Labute approximate surface area is 112 Å². The van der Waals surface area contributed by atoms with Crippen molar-refractivity contribution in [1.29, 1.82) is 0 Å². The molecular formula is C13H19N3O3. The number of piperidine rings is 1. The summed E-state index contributed by atoms with van der Waals surface area (Å²) in [5, 5.41) is 7.92. The number of rotatable bonds is 3. The Kier molecular flexibility index (Phi) is 4.54. The predicted molar refractivity (Wildman–Crippen MR) is 69.0 cm³/mol. The van der Waals surface area contributed by atoms with E-state index in [-0.39, 0.29) is 12.2 Å². The van der Waals surface area contributed by atoms with Crippen LogP contribution in [0.4, 0.5) is 4.79 Å². The summed E-state index contributed by atoms with van der Waals surface area (Å²) in [6.45, 7) is 5.33. The van der Waals surface area contributed by atoms with E-state index in [9.17, 15) is 4.79 Å². The number of likely N-dealkylation sites (tertiary alicyclic amines) is 1. The van der Waals surface area contributed by atoms with Gasteiger partial charge in [-0.25, -0.2) is 4.79 Å². The smallest absolute Gasteiger partial charge is 0.409 e. The van der Waals surface area contributed by atoms with Gasteiger partial charge in [0, 0.05) is 12.6 Å². The molecule has 2 rings (SSSR count). The van der Waals surface area contributed by atoms with Gasteiger partial charge in [0.05, 0.1) is 18.8 Å². The highest BCUT2D eigenvalue weighted by atomic mass is 16.6. The van der Waals surface area contributed by atoms with Crippen molar-refractivity contribution in [3.05, 3.63) is 17.8 Å². The Morgan fingerprint density at radius 2 is 2.32 bits per heavy atom. The topological polar surface area (TPSA) is 64.5 Å². The summed E-state index contributed by atoms with van der Waals surface area (Å²) in [4.78, 5) is 13.3. The van der Waals surface area contributed by atoms with Gasteiger partial charge in [0.25, 0.3) is 0 Å². The van der Waals surface area contributed by atoms with E-state index >= 15 is 0 Å². The van der Waals surface area contributed by atoms with Crippen molar-refractivity contribution in [3.63, 3.8) is 0 Å². The number of nitrogens with zero attached hydrogens (tertiary/aromatic N) is 3. The predicted octanol–water partition coefficient (Wildman–Crippen LogP) is 1.78. The first-order chi connectivity index (χ1) is 9.19. The van der Waals surface area contributed by atoms with E-state index in [0.29, 0.717) is 19.0 Å². The van der Waals surface area contributed by atoms with Gasteiger partial charge in [-0.1, -0.05) is 0 Å². The van der Waals surface area contributed by atoms with E-state index in [2.05, 4.69) is 10.2 Å². The molecule has 0 aliphatic carbocycles. The summed E-state index contributed by atoms with van der Waals surface area (Å²) in [6, 6.07) is 3.65. The van der Waals surface area contributed by atoms with Crippen LogP contribution in [0.5, 0.6) is 5.88 Å². The van der Waals surface area contributed by atoms with Gasteiger partial charge in [0.2, 0.25) is 5.88 Å². The molecule has 1 aromatic rings. The van der Waals surface area contributed by atoms with Gasteiger partial charge in [0.15, 0.2) is 0 Å². The maximum atomic E-state index is 11.7. The Morgan fingerprint density at radius 3 is 3.00 bits per heavy atom. The van der Waals surface area contributed by atoms with Crippen molar-refractivity contribution in [2.75, 3.05) is 19.7 Å². The van der Waals surface area contributed by atoms with Crippen molar-refractivity contribution in [2.45, 2.75) is 32.8 Å². The number of amides is 1. The minimum Gasteiger partial charge on any atom is -0.471 e. The first-order valence-electron chi connectivity index (χ1n) is 6.57. The summed E-state index contributed by atoms with van der Waals surface area (Å²) < 4.78 is 10.7. The quantitative estimate of drug-likeness (QED) is 0.833. The molecule has 0 saturated carbocycles. The van der Waals surface area contributed by atoms with Gasteiger partial charge in [-0.15, -0.1) is 5.10 Å². The number of carbonyl (C=O) groups excluding carboxylic acids is 1. The fourth-order valence-corrected chi connectivity index (χ4v) is 2.04. The van der Waals surface area contributed by atoms with Gasteiger partial charge < -0.3 is 14.4 Å². The molecule has 2 heterocycles. The standard InChI is InChI=1S/C13H19N3O3/c1-3-18-13(17)16-8-4-5-11(9-16)19-12-7-6-10(2)14-15-12/h6-7,11H,3-5,8-9H2,1-2H3. The lowest BCUT2D eigenvalue weighted by molar-refractivity contribution is 0.0591. The van der Waals surface area contributed by atoms with E-state index in [4.69, 9.17) is 9.47 Å². The van der Waals surface area contributed by atoms with E-state index in [1.54, 1.807) is 17.9 Å². The molecule has 0 aromatic carbocycles. The van der Waals surface area contributed by atoms with Gasteiger partial charge in [-0.05, 0) is 32.8 Å². The number of aryl methyl sites for hydroxylation is 1. The molecular weight excluding hydrogens is 246 g/mol. The zero-order valence-corrected chi connectivity index (χ0v) is 11.3. The van der Waals surface area contributed by atoms with Crippen molar-refractivity contribution in [1.82, 2.24) is 15.1 Å². The third-order valence-corrected chi connectivity index (χ3v) is 2.96. The molecule has 1 amide bonds. The van der Waals surface area contributed by atoms with Crippen molar-refractivity contribution < 1.29 is 14.3 Å². The molecule has 0 N–H and O–H groups in total. The Hall–Kier alpha value is -1.85. The van der Waals surface area contributed by atoms with Crippen LogP contribution in [0.15, 0.2) is 12.1 Å². The molecule has 1 unspecified atom stereocenters. The summed E-state index contributed by atoms with van der Waals surface area (Å²) in [5.41, 5.74) is 0.851. The number of hydrogen-bond donors (Lipinski definition) is 0. The van der Waals surface area contributed by atoms with Gasteiger partial charge in [-0.3, -0.25) is 0 Å². The third kappa shape index (κ3) is 3.81. The molecule has 0 bridgehead atoms. The number of hydrogen-bond acceptors (Lipinski definition) is 5. The SMILES string of the molecule is CCOC(=O)N1CCCC(Oc2ccc(C)nn2)C1. The molecule has 1 aliphatic rings. The lowest BCUT2D eigenvalue weighted by Crippen LogP contribution is -2.44. The molecule has 1 saturated heterocycles. The van der Waals surface area contributed by atoms with Crippen LogP contribution < -0.4 is 4.74 Å². The second-order valence-corrected chi connectivity index (χ2v) is 4.54. The molecule has 104 valence electrons. The number of aromatic nitrogens is 2. The summed E-state index contributed by atoms with van der Waals surface area (Å²) in [7, 11) is 0. The van der Waals surface area contributed by atoms with E-state index in [1.807, 2.05) is 13.0 Å². The van der Waals surface area contributed by atoms with Gasteiger partial charge >= 0.3 is 6.09 Å². The maximum Gasteiger partial charge on any atom is 0.409 e. The van der Waals surface area contributed by atoms with Crippen LogP contribution in [0.2, 0.25) is 0 Å². The lowest BCUT2D eigenvalue weighted by atomic mass is 10.1. The molecule has 1 atom stereocenters. The number of ether oxygens (including phenoxy) is 2. The molecule has 1 aromatic heterocycles. The largest absolute Gasteiger partial charge is 0.471 e. The second kappa shape index (κ2) is 6.36. The van der Waals surface area contributed by atoms with Gasteiger partial charge in [0.1, 0.15) is 6.10 Å². The van der Waals surface area contributed by atoms with E-state index in [0.717, 1.165) is 25.1 Å². The molecule has 6 nitrogen and oxygen atoms in total. The Bertz CT molecular complexity index is 422. The Morgan fingerprint density at radius 1 is 1.47 bits per heavy atom. The third-order valence-electron chi connectivity index (χ3n) is 2.96.